The summed E-state index contributed by atoms with van der Waals surface area (Å²) in [6.45, 7) is 5.43. The number of amides is 1. The van der Waals surface area contributed by atoms with E-state index in [4.69, 9.17) is 4.74 Å². The number of carbonyl (C=O) groups excluding carboxylic acids is 1. The van der Waals surface area contributed by atoms with E-state index in [0.29, 0.717) is 42.5 Å². The number of aromatic nitrogens is 2. The van der Waals surface area contributed by atoms with Gasteiger partial charge < -0.3 is 14.5 Å². The van der Waals surface area contributed by atoms with Crippen LogP contribution in [0.2, 0.25) is 0 Å². The molecule has 6 nitrogen and oxygen atoms in total. The van der Waals surface area contributed by atoms with Crippen LogP contribution in [0, 0.1) is 17.7 Å². The number of carbonyl (C=O) groups is 1. The van der Waals surface area contributed by atoms with Gasteiger partial charge in [0.15, 0.2) is 5.82 Å². The number of anilines is 1. The predicted octanol–water partition coefficient (Wildman–Crippen LogP) is 3.62. The predicted molar refractivity (Wildman–Crippen MR) is 99.9 cm³/mol. The highest BCUT2D eigenvalue weighted by atomic mass is 19.1. The number of ether oxygens (including phenoxy) is 1. The van der Waals surface area contributed by atoms with Crippen molar-refractivity contribution in [1.29, 1.82) is 0 Å². The third-order valence-electron chi connectivity index (χ3n) is 6.70. The Kier molecular flexibility index (Phi) is 5.19. The van der Waals surface area contributed by atoms with Gasteiger partial charge in [0.05, 0.1) is 19.0 Å². The molecule has 4 heterocycles. The van der Waals surface area contributed by atoms with E-state index in [1.165, 1.54) is 12.4 Å². The Labute approximate surface area is 160 Å². The van der Waals surface area contributed by atoms with Crippen LogP contribution in [0.1, 0.15) is 52.4 Å². The topological polar surface area (TPSA) is 58.6 Å². The Hall–Kier alpha value is -1.92. The lowest BCUT2D eigenvalue weighted by atomic mass is 9.75. The molecular weight excluding hydrogens is 347 g/mol. The first kappa shape index (κ1) is 18.4. The molecule has 0 aliphatic carbocycles. The van der Waals surface area contributed by atoms with Crippen LogP contribution in [0.15, 0.2) is 12.4 Å². The van der Waals surface area contributed by atoms with E-state index in [0.717, 1.165) is 45.1 Å². The SMILES string of the molecule is CCOC(=O)N1C2CCC1CC([C@H]1CCN(c3ncc(F)cn3)[C@@H](C)C1)C2. The molecule has 0 saturated carbocycles. The summed E-state index contributed by atoms with van der Waals surface area (Å²) in [5, 5.41) is 0. The molecule has 27 heavy (non-hydrogen) atoms. The van der Waals surface area contributed by atoms with Crippen LogP contribution in [0.3, 0.4) is 0 Å². The van der Waals surface area contributed by atoms with E-state index in [9.17, 15) is 9.18 Å². The Morgan fingerprint density at radius 2 is 1.81 bits per heavy atom. The number of rotatable bonds is 3. The highest BCUT2D eigenvalue weighted by molar-refractivity contribution is 5.69. The van der Waals surface area contributed by atoms with Gasteiger partial charge in [-0.15, -0.1) is 0 Å². The largest absolute Gasteiger partial charge is 0.450 e. The molecule has 0 aromatic carbocycles. The number of hydrogen-bond acceptors (Lipinski definition) is 5. The summed E-state index contributed by atoms with van der Waals surface area (Å²) in [5.41, 5.74) is 0. The van der Waals surface area contributed by atoms with Gasteiger partial charge in [-0.05, 0) is 64.2 Å². The third-order valence-corrected chi connectivity index (χ3v) is 6.70. The summed E-state index contributed by atoms with van der Waals surface area (Å²) in [4.78, 5) is 24.8. The van der Waals surface area contributed by atoms with Gasteiger partial charge in [-0.25, -0.2) is 19.2 Å². The molecular formula is C20H29FN4O2. The Balaban J connectivity index is 1.38. The first-order valence-electron chi connectivity index (χ1n) is 10.3. The van der Waals surface area contributed by atoms with Crippen LogP contribution >= 0.6 is 0 Å². The summed E-state index contributed by atoms with van der Waals surface area (Å²) in [6, 6.07) is 1.04. The molecule has 4 atom stereocenters. The molecule has 2 bridgehead atoms. The number of piperidine rings is 2. The first-order chi connectivity index (χ1) is 13.1. The molecule has 0 spiro atoms. The standard InChI is InChI=1S/C20H29FN4O2/c1-3-27-20(26)25-17-4-5-18(25)10-15(9-17)14-6-7-24(13(2)8-14)19-22-11-16(21)12-23-19/h11-15,17-18H,3-10H2,1-2H3/t13-,14-,15?,17?,18?/m0/s1. The fraction of sp³-hybridized carbons (Fsp3) is 0.750. The maximum Gasteiger partial charge on any atom is 0.410 e. The van der Waals surface area contributed by atoms with Crippen molar-refractivity contribution < 1.29 is 13.9 Å². The van der Waals surface area contributed by atoms with Gasteiger partial charge in [-0.1, -0.05) is 0 Å². The lowest BCUT2D eigenvalue weighted by Crippen LogP contribution is -2.50. The van der Waals surface area contributed by atoms with Gasteiger partial charge in [0.1, 0.15) is 0 Å². The molecule has 1 amide bonds. The van der Waals surface area contributed by atoms with E-state index in [-0.39, 0.29) is 6.09 Å². The van der Waals surface area contributed by atoms with E-state index in [2.05, 4.69) is 21.8 Å². The zero-order valence-corrected chi connectivity index (χ0v) is 16.2. The molecule has 4 rings (SSSR count). The Bertz CT molecular complexity index is 656. The van der Waals surface area contributed by atoms with Crippen LogP contribution in [0.5, 0.6) is 0 Å². The molecule has 2 unspecified atom stereocenters. The van der Waals surface area contributed by atoms with E-state index < -0.39 is 5.82 Å². The van der Waals surface area contributed by atoms with Crippen LogP contribution in [-0.2, 0) is 4.74 Å². The molecule has 148 valence electrons. The van der Waals surface area contributed by atoms with E-state index >= 15 is 0 Å². The quantitative estimate of drug-likeness (QED) is 0.806. The summed E-state index contributed by atoms with van der Waals surface area (Å²) < 4.78 is 18.4. The molecule has 3 aliphatic rings. The normalized spacial score (nSPS) is 33.2. The zero-order valence-electron chi connectivity index (χ0n) is 16.2. The van der Waals surface area contributed by atoms with Crippen LogP contribution < -0.4 is 4.90 Å². The smallest absolute Gasteiger partial charge is 0.410 e. The number of halogens is 1. The van der Waals surface area contributed by atoms with Gasteiger partial charge in [-0.2, -0.15) is 0 Å². The summed E-state index contributed by atoms with van der Waals surface area (Å²) in [7, 11) is 0. The van der Waals surface area contributed by atoms with Crippen molar-refractivity contribution in [2.45, 2.75) is 70.5 Å². The van der Waals surface area contributed by atoms with Crippen molar-refractivity contribution in [3.63, 3.8) is 0 Å². The highest BCUT2D eigenvalue weighted by Crippen LogP contribution is 2.45. The maximum absolute atomic E-state index is 13.1. The Morgan fingerprint density at radius 3 is 2.41 bits per heavy atom. The fourth-order valence-electron chi connectivity index (χ4n) is 5.49. The molecule has 1 aromatic rings. The second-order valence-electron chi connectivity index (χ2n) is 8.25. The minimum atomic E-state index is -0.398. The molecule has 3 saturated heterocycles. The van der Waals surface area contributed by atoms with Crippen LogP contribution in [0.25, 0.3) is 0 Å². The maximum atomic E-state index is 13.1. The monoisotopic (exact) mass is 376 g/mol. The van der Waals surface area contributed by atoms with Crippen LogP contribution in [0.4, 0.5) is 15.1 Å². The number of nitrogens with zero attached hydrogens (tertiary/aromatic N) is 4. The van der Waals surface area contributed by atoms with Gasteiger partial charge in [-0.3, -0.25) is 0 Å². The van der Waals surface area contributed by atoms with Crippen LogP contribution in [-0.4, -0.2) is 52.2 Å². The van der Waals surface area contributed by atoms with Crippen molar-refractivity contribution in [3.05, 3.63) is 18.2 Å². The van der Waals surface area contributed by atoms with E-state index in [1.54, 1.807) is 0 Å². The highest BCUT2D eigenvalue weighted by Gasteiger charge is 2.46. The molecule has 1 aromatic heterocycles. The third kappa shape index (κ3) is 3.60. The Morgan fingerprint density at radius 1 is 1.15 bits per heavy atom. The summed E-state index contributed by atoms with van der Waals surface area (Å²) >= 11 is 0. The molecule has 0 radical (unpaired) electrons. The van der Waals surface area contributed by atoms with Crippen molar-refractivity contribution >= 4 is 12.0 Å². The van der Waals surface area contributed by atoms with Gasteiger partial charge in [0.2, 0.25) is 5.95 Å². The van der Waals surface area contributed by atoms with Gasteiger partial charge in [0.25, 0.3) is 0 Å². The first-order valence-corrected chi connectivity index (χ1v) is 10.3. The lowest BCUT2D eigenvalue weighted by molar-refractivity contribution is 0.0450. The summed E-state index contributed by atoms with van der Waals surface area (Å²) in [6.07, 6.45) is 8.97. The minimum Gasteiger partial charge on any atom is -0.450 e. The molecule has 3 aliphatic heterocycles. The van der Waals surface area contributed by atoms with Crippen molar-refractivity contribution in [1.82, 2.24) is 14.9 Å². The minimum absolute atomic E-state index is 0.125. The summed E-state index contributed by atoms with van der Waals surface area (Å²) in [5.74, 6) is 1.57. The lowest BCUT2D eigenvalue weighted by Gasteiger charge is -2.45. The second-order valence-corrected chi connectivity index (χ2v) is 8.25. The molecule has 7 heteroatoms. The van der Waals surface area contributed by atoms with Gasteiger partial charge in [0, 0.05) is 24.7 Å². The fourth-order valence-corrected chi connectivity index (χ4v) is 5.49. The van der Waals surface area contributed by atoms with Gasteiger partial charge >= 0.3 is 6.09 Å². The second kappa shape index (κ2) is 7.60. The average molecular weight is 376 g/mol. The van der Waals surface area contributed by atoms with Crippen molar-refractivity contribution in [2.75, 3.05) is 18.1 Å². The number of hydrogen-bond donors (Lipinski definition) is 0. The zero-order chi connectivity index (χ0) is 19.0. The average Bonchev–Trinajstić information content (AvgIpc) is 2.93. The van der Waals surface area contributed by atoms with Crippen molar-refractivity contribution in [3.8, 4) is 0 Å². The molecule has 3 fully saturated rings. The van der Waals surface area contributed by atoms with Crippen molar-refractivity contribution in [2.24, 2.45) is 11.8 Å². The number of fused-ring (bicyclic) bond motifs is 2. The van der Waals surface area contributed by atoms with E-state index in [1.807, 2.05) is 11.8 Å². The molecule has 0 N–H and O–H groups in total.